The molecule has 0 aliphatic heterocycles. The van der Waals surface area contributed by atoms with Gasteiger partial charge in [0, 0.05) is 5.54 Å². The summed E-state index contributed by atoms with van der Waals surface area (Å²) in [7, 11) is 0. The van der Waals surface area contributed by atoms with E-state index in [0.29, 0.717) is 11.4 Å². The third-order valence-electron chi connectivity index (χ3n) is 4.04. The maximum atomic E-state index is 13.5. The van der Waals surface area contributed by atoms with Crippen molar-refractivity contribution in [2.75, 3.05) is 0 Å². The average molecular weight is 317 g/mol. The van der Waals surface area contributed by atoms with Crippen molar-refractivity contribution in [3.05, 3.63) is 47.5 Å². The standard InChI is InChI=1S/C17H20FN3O2/c1-2-7-17(8-9-17)19-16(22)14-10-12(20-21-14)11-23-15-6-4-3-5-13(15)18/h3-6,10H,2,7-9,11H2,1H3,(H,19,22)(H,20,21). The predicted octanol–water partition coefficient (Wildman–Crippen LogP) is 3.19. The van der Waals surface area contributed by atoms with Gasteiger partial charge < -0.3 is 10.1 Å². The summed E-state index contributed by atoms with van der Waals surface area (Å²) in [6, 6.07) is 7.83. The number of carbonyl (C=O) groups is 1. The number of ether oxygens (including phenoxy) is 1. The highest BCUT2D eigenvalue weighted by atomic mass is 19.1. The topological polar surface area (TPSA) is 67.0 Å². The number of H-pyrrole nitrogens is 1. The Bertz CT molecular complexity index is 695. The normalized spacial score (nSPS) is 15.2. The van der Waals surface area contributed by atoms with Gasteiger partial charge in [-0.3, -0.25) is 9.89 Å². The van der Waals surface area contributed by atoms with E-state index in [2.05, 4.69) is 22.4 Å². The van der Waals surface area contributed by atoms with Crippen molar-refractivity contribution in [1.29, 1.82) is 0 Å². The number of nitrogens with one attached hydrogen (secondary N) is 2. The van der Waals surface area contributed by atoms with Crippen LogP contribution in [0.2, 0.25) is 0 Å². The third-order valence-corrected chi connectivity index (χ3v) is 4.04. The SMILES string of the molecule is CCCC1(NC(=O)c2cc(COc3ccccc3F)[nH]n2)CC1. The molecular weight excluding hydrogens is 297 g/mol. The van der Waals surface area contributed by atoms with Crippen molar-refractivity contribution in [1.82, 2.24) is 15.5 Å². The summed E-state index contributed by atoms with van der Waals surface area (Å²) < 4.78 is 18.9. The predicted molar refractivity (Wildman–Crippen MR) is 83.7 cm³/mol. The van der Waals surface area contributed by atoms with Crippen molar-refractivity contribution in [3.8, 4) is 5.75 Å². The monoisotopic (exact) mass is 317 g/mol. The molecule has 23 heavy (non-hydrogen) atoms. The molecule has 122 valence electrons. The van der Waals surface area contributed by atoms with Gasteiger partial charge in [-0.25, -0.2) is 4.39 Å². The molecule has 5 nitrogen and oxygen atoms in total. The van der Waals surface area contributed by atoms with Crippen molar-refractivity contribution >= 4 is 5.91 Å². The van der Waals surface area contributed by atoms with Gasteiger partial charge in [0.1, 0.15) is 12.3 Å². The van der Waals surface area contributed by atoms with E-state index in [9.17, 15) is 9.18 Å². The Kier molecular flexibility index (Phi) is 4.32. The van der Waals surface area contributed by atoms with Gasteiger partial charge in [-0.15, -0.1) is 0 Å². The van der Waals surface area contributed by atoms with E-state index in [1.54, 1.807) is 24.3 Å². The minimum absolute atomic E-state index is 0.0331. The van der Waals surface area contributed by atoms with Crippen LogP contribution >= 0.6 is 0 Å². The van der Waals surface area contributed by atoms with Gasteiger partial charge in [0.25, 0.3) is 5.91 Å². The highest BCUT2D eigenvalue weighted by molar-refractivity contribution is 5.93. The zero-order valence-corrected chi connectivity index (χ0v) is 13.1. The fourth-order valence-electron chi connectivity index (χ4n) is 2.64. The number of carbonyl (C=O) groups excluding carboxylic acids is 1. The largest absolute Gasteiger partial charge is 0.484 e. The molecular formula is C17H20FN3O2. The lowest BCUT2D eigenvalue weighted by atomic mass is 10.1. The Morgan fingerprint density at radius 2 is 2.22 bits per heavy atom. The molecule has 1 aromatic carbocycles. The van der Waals surface area contributed by atoms with Crippen molar-refractivity contribution in [2.45, 2.75) is 44.8 Å². The molecule has 1 saturated carbocycles. The first kappa shape index (κ1) is 15.5. The molecule has 0 unspecified atom stereocenters. The minimum Gasteiger partial charge on any atom is -0.484 e. The minimum atomic E-state index is -0.416. The Morgan fingerprint density at radius 3 is 2.91 bits per heavy atom. The van der Waals surface area contributed by atoms with E-state index in [-0.39, 0.29) is 23.8 Å². The van der Waals surface area contributed by atoms with Crippen LogP contribution in [0.4, 0.5) is 4.39 Å². The summed E-state index contributed by atoms with van der Waals surface area (Å²) in [6.45, 7) is 2.24. The fourth-order valence-corrected chi connectivity index (χ4v) is 2.64. The van der Waals surface area contributed by atoms with E-state index in [0.717, 1.165) is 25.7 Å². The second kappa shape index (κ2) is 6.40. The zero-order chi connectivity index (χ0) is 16.3. The van der Waals surface area contributed by atoms with Crippen LogP contribution in [0.15, 0.2) is 30.3 Å². The molecule has 1 fully saturated rings. The van der Waals surface area contributed by atoms with Crippen LogP contribution in [0, 0.1) is 5.82 Å². The van der Waals surface area contributed by atoms with Crippen LogP contribution in [0.3, 0.4) is 0 Å². The van der Waals surface area contributed by atoms with Gasteiger partial charge in [0.05, 0.1) is 5.69 Å². The summed E-state index contributed by atoms with van der Waals surface area (Å²) in [4.78, 5) is 12.2. The van der Waals surface area contributed by atoms with Crippen molar-refractivity contribution < 1.29 is 13.9 Å². The number of para-hydroxylation sites is 1. The molecule has 0 atom stereocenters. The Hall–Kier alpha value is -2.37. The molecule has 0 spiro atoms. The molecule has 0 bridgehead atoms. The molecule has 0 radical (unpaired) electrons. The van der Waals surface area contributed by atoms with Crippen molar-refractivity contribution in [3.63, 3.8) is 0 Å². The molecule has 1 aromatic heterocycles. The first-order valence-corrected chi connectivity index (χ1v) is 7.86. The van der Waals surface area contributed by atoms with Gasteiger partial charge in [0.15, 0.2) is 11.6 Å². The summed E-state index contributed by atoms with van der Waals surface area (Å²) >= 11 is 0. The molecule has 1 amide bonds. The van der Waals surface area contributed by atoms with E-state index >= 15 is 0 Å². The number of benzene rings is 1. The Morgan fingerprint density at radius 1 is 1.43 bits per heavy atom. The number of halogens is 1. The van der Waals surface area contributed by atoms with E-state index in [1.165, 1.54) is 6.07 Å². The fraction of sp³-hybridized carbons (Fsp3) is 0.412. The second-order valence-corrected chi connectivity index (χ2v) is 5.98. The molecule has 1 aliphatic rings. The average Bonchev–Trinajstić information content (AvgIpc) is 3.12. The van der Waals surface area contributed by atoms with Crippen LogP contribution < -0.4 is 10.1 Å². The molecule has 6 heteroatoms. The van der Waals surface area contributed by atoms with E-state index in [4.69, 9.17) is 4.74 Å². The molecule has 2 aromatic rings. The molecule has 3 rings (SSSR count). The lowest BCUT2D eigenvalue weighted by molar-refractivity contribution is 0.0924. The summed E-state index contributed by atoms with van der Waals surface area (Å²) in [5.74, 6) is -0.419. The quantitative estimate of drug-likeness (QED) is 0.824. The molecule has 1 aliphatic carbocycles. The number of nitrogens with zero attached hydrogens (tertiary/aromatic N) is 1. The molecule has 2 N–H and O–H groups in total. The maximum Gasteiger partial charge on any atom is 0.272 e. The number of rotatable bonds is 7. The maximum absolute atomic E-state index is 13.5. The smallest absolute Gasteiger partial charge is 0.272 e. The summed E-state index contributed by atoms with van der Waals surface area (Å²) in [6.07, 6.45) is 4.09. The number of amides is 1. The summed E-state index contributed by atoms with van der Waals surface area (Å²) in [5.41, 5.74) is 0.924. The lowest BCUT2D eigenvalue weighted by Crippen LogP contribution is -2.36. The van der Waals surface area contributed by atoms with E-state index in [1.807, 2.05) is 0 Å². The van der Waals surface area contributed by atoms with E-state index < -0.39 is 5.82 Å². The van der Waals surface area contributed by atoms with Crippen LogP contribution in [0.25, 0.3) is 0 Å². The first-order valence-electron chi connectivity index (χ1n) is 7.86. The van der Waals surface area contributed by atoms with Gasteiger partial charge >= 0.3 is 0 Å². The lowest BCUT2D eigenvalue weighted by Gasteiger charge is -2.15. The van der Waals surface area contributed by atoms with Crippen LogP contribution in [-0.4, -0.2) is 21.6 Å². The van der Waals surface area contributed by atoms with Gasteiger partial charge in [-0.2, -0.15) is 5.10 Å². The number of hydrogen-bond acceptors (Lipinski definition) is 3. The zero-order valence-electron chi connectivity index (χ0n) is 13.1. The van der Waals surface area contributed by atoms with Crippen LogP contribution in [-0.2, 0) is 6.61 Å². The first-order chi connectivity index (χ1) is 11.1. The van der Waals surface area contributed by atoms with Crippen molar-refractivity contribution in [2.24, 2.45) is 0 Å². The highest BCUT2D eigenvalue weighted by Gasteiger charge is 2.43. The molecule has 0 saturated heterocycles. The Labute approximate surface area is 134 Å². The van der Waals surface area contributed by atoms with Crippen LogP contribution in [0.1, 0.15) is 48.8 Å². The van der Waals surface area contributed by atoms with Gasteiger partial charge in [0.2, 0.25) is 0 Å². The highest BCUT2D eigenvalue weighted by Crippen LogP contribution is 2.39. The van der Waals surface area contributed by atoms with Gasteiger partial charge in [-0.05, 0) is 37.5 Å². The molecule has 1 heterocycles. The Balaban J connectivity index is 1.58. The second-order valence-electron chi connectivity index (χ2n) is 5.98. The van der Waals surface area contributed by atoms with Gasteiger partial charge in [-0.1, -0.05) is 25.5 Å². The number of aromatic nitrogens is 2. The summed E-state index contributed by atoms with van der Waals surface area (Å²) in [5, 5.41) is 9.83. The number of hydrogen-bond donors (Lipinski definition) is 2. The van der Waals surface area contributed by atoms with Crippen LogP contribution in [0.5, 0.6) is 5.75 Å². The third kappa shape index (κ3) is 3.70. The number of aromatic amines is 1.